The first kappa shape index (κ1) is 60.5. The zero-order valence-electron chi connectivity index (χ0n) is 52.8. The van der Waals surface area contributed by atoms with Crippen LogP contribution >= 0.6 is 0 Å². The molecule has 3 heteroatoms. The van der Waals surface area contributed by atoms with Crippen LogP contribution in [0.1, 0.15) is 51.4 Å². The summed E-state index contributed by atoms with van der Waals surface area (Å²) in [5.74, 6) is 0. The molecule has 14 rings (SSSR count). The second-order valence-corrected chi connectivity index (χ2v) is 23.8. The largest absolute Gasteiger partial charge is 0.372 e. The maximum atomic E-state index is 6.25. The highest BCUT2D eigenvalue weighted by atomic mass is 16.5. The molecule has 0 N–H and O–H groups in total. The van der Waals surface area contributed by atoms with Crippen LogP contribution in [0.3, 0.4) is 0 Å². The molecule has 0 unspecified atom stereocenters. The fourth-order valence-electron chi connectivity index (χ4n) is 13.3. The van der Waals surface area contributed by atoms with Gasteiger partial charge in [-0.3, -0.25) is 0 Å². The summed E-state index contributed by atoms with van der Waals surface area (Å²) in [6.45, 7) is 22.5. The first-order chi connectivity index (χ1) is 45.7. The molecule has 0 radical (unpaired) electrons. The molecule has 0 spiro atoms. The van der Waals surface area contributed by atoms with E-state index in [0.717, 1.165) is 80.0 Å². The number of aromatic nitrogens is 1. The molecule has 3 nitrogen and oxygen atoms in total. The predicted octanol–water partition coefficient (Wildman–Crippen LogP) is 23.6. The molecule has 0 saturated heterocycles. The Hall–Kier alpha value is -11.4. The van der Waals surface area contributed by atoms with E-state index in [9.17, 15) is 0 Å². The lowest BCUT2D eigenvalue weighted by molar-refractivity contribution is 0.144. The molecule has 1 aliphatic rings. The number of para-hydroxylation sites is 1. The van der Waals surface area contributed by atoms with Gasteiger partial charge in [-0.2, -0.15) is 0 Å². The Morgan fingerprint density at radius 1 is 0.441 bits per heavy atom. The second-order valence-electron chi connectivity index (χ2n) is 23.8. The second kappa shape index (κ2) is 27.4. The normalized spacial score (nSPS) is 12.0. The molecule has 0 aliphatic heterocycles. The summed E-state index contributed by atoms with van der Waals surface area (Å²) in [6.07, 6.45) is 11.2. The quantitative estimate of drug-likeness (QED) is 0.0559. The molecule has 1 aromatic heterocycles. The average molecular weight is 1200 g/mol. The Kier molecular flexibility index (Phi) is 17.8. The van der Waals surface area contributed by atoms with Crippen molar-refractivity contribution in [2.45, 2.75) is 31.8 Å². The van der Waals surface area contributed by atoms with Gasteiger partial charge in [-0.05, 0) is 186 Å². The summed E-state index contributed by atoms with van der Waals surface area (Å²) in [6, 6.07) is 107. The van der Waals surface area contributed by atoms with Gasteiger partial charge in [-0.25, -0.2) is 0 Å². The zero-order valence-corrected chi connectivity index (χ0v) is 52.8. The summed E-state index contributed by atoms with van der Waals surface area (Å²) < 4.78 is 8.67. The number of ether oxygens (including phenoxy) is 1. The lowest BCUT2D eigenvalue weighted by atomic mass is 9.67. The van der Waals surface area contributed by atoms with E-state index in [-0.39, 0.29) is 0 Å². The number of aryl methyl sites for hydroxylation is 1. The van der Waals surface area contributed by atoms with Gasteiger partial charge in [0, 0.05) is 33.5 Å². The van der Waals surface area contributed by atoms with E-state index in [0.29, 0.717) is 13.2 Å². The van der Waals surface area contributed by atoms with Crippen LogP contribution in [0.4, 0.5) is 17.1 Å². The van der Waals surface area contributed by atoms with Crippen LogP contribution in [-0.4, -0.2) is 11.2 Å². The van der Waals surface area contributed by atoms with Crippen LogP contribution in [0.15, 0.2) is 360 Å². The maximum Gasteiger partial charge on any atom is 0.0722 e. The molecule has 0 saturated carbocycles. The third-order valence-corrected chi connectivity index (χ3v) is 17.9. The Labute approximate surface area is 548 Å². The number of benzene rings is 12. The number of rotatable bonds is 20. The standard InChI is InChI=1S/C79H62N2O.C11H12/c1-5-55(3)31-32-56(4)53-82-54-58-47-57(6-2)48-70(49-58)81-77-30-20-19-29-73(77)74-50-63(38-46-78(74)81)64-37-44-71-72-45-43-69(52-76(72)79(75(71)51-64,65-25-15-9-16-26-65)66-27-17-10-18-28-66)80(67-39-33-61(34-40-67)59-21-11-7-12-22-59)68-41-35-62(36-42-68)60-23-13-8-14-24-60;1-3-5-11-8-6-10(4-2)7-9-11/h5,7-52H,1,3-4,6,53-54H2,2H3;3-4,6-9H,1-2,5H2/b32-31-;. The van der Waals surface area contributed by atoms with Crippen molar-refractivity contribution in [1.82, 2.24) is 4.57 Å². The number of nitrogens with zero attached hydrogens (tertiary/aromatic N) is 2. The van der Waals surface area contributed by atoms with Crippen molar-refractivity contribution in [2.75, 3.05) is 11.5 Å². The molecule has 1 aliphatic carbocycles. The van der Waals surface area contributed by atoms with Crippen molar-refractivity contribution in [2.24, 2.45) is 0 Å². The van der Waals surface area contributed by atoms with Gasteiger partial charge < -0.3 is 14.2 Å². The van der Waals surface area contributed by atoms with Crippen molar-refractivity contribution < 1.29 is 4.74 Å². The fraction of sp³-hybridized carbons (Fsp3) is 0.0667. The Bertz CT molecular complexity index is 4760. The van der Waals surface area contributed by atoms with Crippen LogP contribution in [0.25, 0.3) is 78.1 Å². The van der Waals surface area contributed by atoms with Gasteiger partial charge in [0.15, 0.2) is 0 Å². The molecule has 93 heavy (non-hydrogen) atoms. The SMILES string of the molecule is C=CC(=C)/C=C\C(=C)COCc1cc(CC)cc(-n2c3ccccc3c3cc(-c4ccc5c(c4)C(c4ccccc4)(c4ccccc4)c4cc(N(c6ccc(-c7ccccc7)cc6)c6ccc(-c7ccccc7)cc6)ccc4-5)ccc32)c1.C=CCc1ccc(C=C)cc1. The molecule has 0 atom stereocenters. The van der Waals surface area contributed by atoms with Crippen LogP contribution < -0.4 is 4.90 Å². The van der Waals surface area contributed by atoms with Gasteiger partial charge in [0.05, 0.1) is 29.7 Å². The third-order valence-electron chi connectivity index (χ3n) is 17.9. The van der Waals surface area contributed by atoms with Crippen molar-refractivity contribution >= 4 is 44.9 Å². The first-order valence-electron chi connectivity index (χ1n) is 32.0. The van der Waals surface area contributed by atoms with E-state index in [4.69, 9.17) is 4.74 Å². The van der Waals surface area contributed by atoms with E-state index >= 15 is 0 Å². The van der Waals surface area contributed by atoms with E-state index in [2.05, 4.69) is 340 Å². The molecular weight excluding hydrogens is 1130 g/mol. The molecule has 1 heterocycles. The summed E-state index contributed by atoms with van der Waals surface area (Å²) in [5.41, 5.74) is 27.1. The van der Waals surface area contributed by atoms with Crippen molar-refractivity contribution in [1.29, 1.82) is 0 Å². The van der Waals surface area contributed by atoms with Gasteiger partial charge in [0.25, 0.3) is 0 Å². The smallest absolute Gasteiger partial charge is 0.0722 e. The van der Waals surface area contributed by atoms with Gasteiger partial charge in [-0.15, -0.1) is 6.58 Å². The lowest BCUT2D eigenvalue weighted by Gasteiger charge is -2.35. The first-order valence-corrected chi connectivity index (χ1v) is 32.0. The molecule has 13 aromatic rings. The number of hydrogen-bond donors (Lipinski definition) is 0. The fourth-order valence-corrected chi connectivity index (χ4v) is 13.3. The number of hydrogen-bond acceptors (Lipinski definition) is 2. The van der Waals surface area contributed by atoms with Crippen molar-refractivity contribution in [3.8, 4) is 50.2 Å². The van der Waals surface area contributed by atoms with E-state index in [1.165, 1.54) is 77.5 Å². The molecule has 0 bridgehead atoms. The van der Waals surface area contributed by atoms with Crippen LogP contribution in [0.5, 0.6) is 0 Å². The minimum atomic E-state index is -0.657. The van der Waals surface area contributed by atoms with Gasteiger partial charge in [-0.1, -0.05) is 282 Å². The monoisotopic (exact) mass is 1200 g/mol. The average Bonchev–Trinajstić information content (AvgIpc) is 1.55. The summed E-state index contributed by atoms with van der Waals surface area (Å²) in [4.78, 5) is 2.42. The van der Waals surface area contributed by atoms with Gasteiger partial charge in [0.1, 0.15) is 0 Å². The Morgan fingerprint density at radius 3 is 1.54 bits per heavy atom. The van der Waals surface area contributed by atoms with Crippen LogP contribution in [0, 0.1) is 0 Å². The van der Waals surface area contributed by atoms with Gasteiger partial charge >= 0.3 is 0 Å². The van der Waals surface area contributed by atoms with E-state index in [1.54, 1.807) is 6.08 Å². The molecule has 0 fully saturated rings. The van der Waals surface area contributed by atoms with Crippen LogP contribution in [-0.2, 0) is 29.6 Å². The van der Waals surface area contributed by atoms with Gasteiger partial charge in [0.2, 0.25) is 0 Å². The molecular formula is C90H74N2O. The highest BCUT2D eigenvalue weighted by Crippen LogP contribution is 2.58. The van der Waals surface area contributed by atoms with Crippen molar-refractivity contribution in [3.05, 3.63) is 404 Å². The topological polar surface area (TPSA) is 17.4 Å². The molecule has 0 amide bonds. The van der Waals surface area contributed by atoms with E-state index in [1.807, 2.05) is 24.3 Å². The highest BCUT2D eigenvalue weighted by Gasteiger charge is 2.46. The van der Waals surface area contributed by atoms with E-state index < -0.39 is 5.41 Å². The minimum Gasteiger partial charge on any atom is -0.372 e. The van der Waals surface area contributed by atoms with Crippen molar-refractivity contribution in [3.63, 3.8) is 0 Å². The predicted molar refractivity (Wildman–Crippen MR) is 396 cm³/mol. The summed E-state index contributed by atoms with van der Waals surface area (Å²) >= 11 is 0. The summed E-state index contributed by atoms with van der Waals surface area (Å²) in [5, 5.41) is 2.41. The molecule has 12 aromatic carbocycles. The summed E-state index contributed by atoms with van der Waals surface area (Å²) in [7, 11) is 0. The third kappa shape index (κ3) is 12.4. The maximum absolute atomic E-state index is 6.25. The number of anilines is 3. The number of fused-ring (bicyclic) bond motifs is 6. The van der Waals surface area contributed by atoms with Crippen LogP contribution in [0.2, 0.25) is 0 Å². The number of allylic oxidation sites excluding steroid dienone is 4. The lowest BCUT2D eigenvalue weighted by Crippen LogP contribution is -2.28. The Balaban J connectivity index is 0.000000651. The molecule has 450 valence electrons. The minimum absolute atomic E-state index is 0.423. The Morgan fingerprint density at radius 2 is 0.946 bits per heavy atom. The highest BCUT2D eigenvalue weighted by molar-refractivity contribution is 6.10. The zero-order chi connectivity index (χ0) is 63.7.